The number of hydrogen-bond acceptors (Lipinski definition) is 5. The second kappa shape index (κ2) is 7.35. The van der Waals surface area contributed by atoms with E-state index in [1.165, 1.54) is 37.6 Å². The summed E-state index contributed by atoms with van der Waals surface area (Å²) in [7, 11) is 1.34. The Labute approximate surface area is 139 Å². The van der Waals surface area contributed by atoms with Crippen molar-refractivity contribution < 1.29 is 22.9 Å². The van der Waals surface area contributed by atoms with Gasteiger partial charge in [-0.2, -0.15) is 13.2 Å². The van der Waals surface area contributed by atoms with Crippen LogP contribution in [0.2, 0.25) is 0 Å². The first-order valence-corrected chi connectivity index (χ1v) is 7.33. The number of nitro groups is 1. The molecule has 2 rings (SSSR count). The van der Waals surface area contributed by atoms with Gasteiger partial charge >= 0.3 is 6.18 Å². The van der Waals surface area contributed by atoms with Crippen molar-refractivity contribution in [3.63, 3.8) is 0 Å². The van der Waals surface area contributed by atoms with E-state index in [-0.39, 0.29) is 15.5 Å². The number of benzene rings is 2. The monoisotopic (exact) mass is 356 g/mol. The van der Waals surface area contributed by atoms with Gasteiger partial charge in [-0.15, -0.1) is 0 Å². The van der Waals surface area contributed by atoms with Crippen LogP contribution in [0.15, 0.2) is 57.4 Å². The van der Waals surface area contributed by atoms with Crippen LogP contribution in [-0.2, 0) is 11.0 Å². The van der Waals surface area contributed by atoms with Crippen molar-refractivity contribution in [2.75, 3.05) is 7.11 Å². The fourth-order valence-corrected chi connectivity index (χ4v) is 2.78. The number of alkyl halides is 3. The van der Waals surface area contributed by atoms with Crippen molar-refractivity contribution in [2.24, 2.45) is 5.16 Å². The van der Waals surface area contributed by atoms with Crippen LogP contribution in [0, 0.1) is 10.1 Å². The normalized spacial score (nSPS) is 11.7. The quantitative estimate of drug-likeness (QED) is 0.441. The molecule has 24 heavy (non-hydrogen) atoms. The lowest BCUT2D eigenvalue weighted by Gasteiger charge is -2.09. The molecular formula is C15H11F3N2O3S. The third-order valence-corrected chi connectivity index (χ3v) is 3.93. The molecule has 0 N–H and O–H groups in total. The molecule has 0 unspecified atom stereocenters. The molecule has 0 radical (unpaired) electrons. The van der Waals surface area contributed by atoms with E-state index in [0.29, 0.717) is 5.56 Å². The second-order valence-corrected chi connectivity index (χ2v) is 5.64. The summed E-state index contributed by atoms with van der Waals surface area (Å²) in [5, 5.41) is 14.7. The minimum atomic E-state index is -4.47. The van der Waals surface area contributed by atoms with Crippen molar-refractivity contribution in [3.8, 4) is 0 Å². The van der Waals surface area contributed by atoms with E-state index in [1.54, 1.807) is 6.07 Å². The minimum absolute atomic E-state index is 0.225. The third kappa shape index (κ3) is 4.48. The van der Waals surface area contributed by atoms with Crippen molar-refractivity contribution in [2.45, 2.75) is 16.0 Å². The Morgan fingerprint density at radius 2 is 2.00 bits per heavy atom. The Hall–Kier alpha value is -2.55. The van der Waals surface area contributed by atoms with Crippen molar-refractivity contribution in [1.29, 1.82) is 0 Å². The number of rotatable bonds is 5. The molecule has 0 aromatic heterocycles. The summed E-state index contributed by atoms with van der Waals surface area (Å²) in [6, 6.07) is 8.92. The van der Waals surface area contributed by atoms with Gasteiger partial charge in [0.1, 0.15) is 7.11 Å². The Kier molecular flexibility index (Phi) is 5.45. The molecule has 0 aliphatic carbocycles. The van der Waals surface area contributed by atoms with Gasteiger partial charge in [-0.1, -0.05) is 29.1 Å². The summed E-state index contributed by atoms with van der Waals surface area (Å²) in [5.74, 6) is 0. The molecule has 0 amide bonds. The van der Waals surface area contributed by atoms with E-state index in [2.05, 4.69) is 9.99 Å². The Morgan fingerprint density at radius 1 is 1.25 bits per heavy atom. The van der Waals surface area contributed by atoms with E-state index in [9.17, 15) is 23.3 Å². The van der Waals surface area contributed by atoms with Crippen LogP contribution >= 0.6 is 11.8 Å². The molecule has 0 saturated carbocycles. The topological polar surface area (TPSA) is 64.7 Å². The van der Waals surface area contributed by atoms with Gasteiger partial charge in [0.05, 0.1) is 21.6 Å². The number of halogens is 3. The summed E-state index contributed by atoms with van der Waals surface area (Å²) in [6.07, 6.45) is -3.17. The molecule has 0 fully saturated rings. The molecule has 0 saturated heterocycles. The maximum Gasteiger partial charge on any atom is 0.416 e. The molecule has 0 aliphatic heterocycles. The number of nitrogens with zero attached hydrogens (tertiary/aromatic N) is 2. The van der Waals surface area contributed by atoms with E-state index in [4.69, 9.17) is 0 Å². The summed E-state index contributed by atoms with van der Waals surface area (Å²) in [5.41, 5.74) is -0.589. The fraction of sp³-hybridized carbons (Fsp3) is 0.133. The first kappa shape index (κ1) is 17.8. The summed E-state index contributed by atoms with van der Waals surface area (Å²) in [6.45, 7) is 0. The highest BCUT2D eigenvalue weighted by Gasteiger charge is 2.30. The highest BCUT2D eigenvalue weighted by Crippen LogP contribution is 2.38. The standard InChI is InChI=1S/C15H11F3N2O3S/c1-23-19-9-10-5-6-14(13(7-10)20(21)22)24-12-4-2-3-11(8-12)15(16,17)18/h2-9H,1H3. The van der Waals surface area contributed by atoms with Gasteiger partial charge in [-0.3, -0.25) is 10.1 Å². The van der Waals surface area contributed by atoms with Crippen LogP contribution in [0.25, 0.3) is 0 Å². The van der Waals surface area contributed by atoms with Crippen LogP contribution in [-0.4, -0.2) is 18.2 Å². The molecule has 126 valence electrons. The van der Waals surface area contributed by atoms with Crippen LogP contribution in [0.4, 0.5) is 18.9 Å². The largest absolute Gasteiger partial charge is 0.416 e. The molecule has 0 aliphatic rings. The Balaban J connectivity index is 2.36. The van der Waals surface area contributed by atoms with Gasteiger partial charge in [-0.25, -0.2) is 0 Å². The zero-order valence-corrected chi connectivity index (χ0v) is 13.1. The van der Waals surface area contributed by atoms with E-state index >= 15 is 0 Å². The lowest BCUT2D eigenvalue weighted by molar-refractivity contribution is -0.387. The molecule has 0 spiro atoms. The predicted molar refractivity (Wildman–Crippen MR) is 83.3 cm³/mol. The SMILES string of the molecule is CON=Cc1ccc(Sc2cccc(C(F)(F)F)c2)c([N+](=O)[O-])c1. The molecule has 0 heterocycles. The van der Waals surface area contributed by atoms with Crippen LogP contribution in [0.5, 0.6) is 0 Å². The zero-order chi connectivity index (χ0) is 17.7. The highest BCUT2D eigenvalue weighted by atomic mass is 32.2. The van der Waals surface area contributed by atoms with E-state index in [0.717, 1.165) is 23.9 Å². The fourth-order valence-electron chi connectivity index (χ4n) is 1.82. The van der Waals surface area contributed by atoms with Crippen molar-refractivity contribution in [3.05, 3.63) is 63.7 Å². The molecule has 0 bridgehead atoms. The van der Waals surface area contributed by atoms with Gasteiger partial charge < -0.3 is 4.84 Å². The molecule has 5 nitrogen and oxygen atoms in total. The molecule has 2 aromatic carbocycles. The predicted octanol–water partition coefficient (Wildman–Crippen LogP) is 4.75. The van der Waals surface area contributed by atoms with Gasteiger partial charge in [-0.05, 0) is 24.3 Å². The molecular weight excluding hydrogens is 345 g/mol. The molecule has 0 atom stereocenters. The smallest absolute Gasteiger partial charge is 0.399 e. The maximum absolute atomic E-state index is 12.7. The lowest BCUT2D eigenvalue weighted by atomic mass is 10.2. The first-order valence-electron chi connectivity index (χ1n) is 6.51. The summed E-state index contributed by atoms with van der Waals surface area (Å²) < 4.78 is 38.2. The van der Waals surface area contributed by atoms with Crippen LogP contribution in [0.3, 0.4) is 0 Å². The average molecular weight is 356 g/mol. The third-order valence-electron chi connectivity index (χ3n) is 2.88. The summed E-state index contributed by atoms with van der Waals surface area (Å²) in [4.78, 5) is 15.6. The highest BCUT2D eigenvalue weighted by molar-refractivity contribution is 7.99. The molecule has 9 heteroatoms. The number of nitro benzene ring substituents is 1. The van der Waals surface area contributed by atoms with E-state index < -0.39 is 16.7 Å². The maximum atomic E-state index is 12.7. The summed E-state index contributed by atoms with van der Waals surface area (Å²) >= 11 is 0.888. The lowest BCUT2D eigenvalue weighted by Crippen LogP contribution is -2.04. The minimum Gasteiger partial charge on any atom is -0.399 e. The van der Waals surface area contributed by atoms with Crippen LogP contribution < -0.4 is 0 Å². The number of hydrogen-bond donors (Lipinski definition) is 0. The Morgan fingerprint density at radius 3 is 2.62 bits per heavy atom. The molecule has 2 aromatic rings. The van der Waals surface area contributed by atoms with Gasteiger partial charge in [0.2, 0.25) is 0 Å². The van der Waals surface area contributed by atoms with E-state index in [1.807, 2.05) is 0 Å². The van der Waals surface area contributed by atoms with Crippen LogP contribution in [0.1, 0.15) is 11.1 Å². The zero-order valence-electron chi connectivity index (χ0n) is 12.3. The van der Waals surface area contributed by atoms with Crippen molar-refractivity contribution >= 4 is 23.7 Å². The van der Waals surface area contributed by atoms with Gasteiger partial charge in [0, 0.05) is 16.5 Å². The first-order chi connectivity index (χ1) is 11.3. The van der Waals surface area contributed by atoms with Gasteiger partial charge in [0.25, 0.3) is 5.69 Å². The van der Waals surface area contributed by atoms with Gasteiger partial charge in [0.15, 0.2) is 0 Å². The number of oxime groups is 1. The second-order valence-electron chi connectivity index (χ2n) is 4.53. The average Bonchev–Trinajstić information content (AvgIpc) is 2.53. The Bertz CT molecular complexity index is 779. The van der Waals surface area contributed by atoms with Crippen molar-refractivity contribution in [1.82, 2.24) is 0 Å².